The zero-order chi connectivity index (χ0) is 70.7. The summed E-state index contributed by atoms with van der Waals surface area (Å²) in [4.78, 5) is 121. The summed E-state index contributed by atoms with van der Waals surface area (Å²) in [6.07, 6.45) is 16.2. The molecule has 7 rings (SSSR count). The van der Waals surface area contributed by atoms with Crippen molar-refractivity contribution >= 4 is 64.8 Å². The van der Waals surface area contributed by atoms with E-state index in [4.69, 9.17) is 20.9 Å². The van der Waals surface area contributed by atoms with Crippen molar-refractivity contribution in [1.82, 2.24) is 31.9 Å². The number of carbonyl (C=O) groups excluding carboxylic acids is 9. The number of aliphatic hydroxyl groups excluding tert-OH is 1. The number of nitrogens with one attached hydrogen (secondary N) is 8. The maximum atomic E-state index is 14.8. The highest BCUT2D eigenvalue weighted by atomic mass is 16.5. The molecule has 0 spiro atoms. The van der Waals surface area contributed by atoms with Crippen LogP contribution in [-0.2, 0) is 73.3 Å². The quantitative estimate of drug-likeness (QED) is 0.0151. The summed E-state index contributed by atoms with van der Waals surface area (Å²) < 4.78 is 11.2. The lowest BCUT2D eigenvalue weighted by Crippen LogP contribution is -2.60. The maximum Gasteiger partial charge on any atom is 0.408 e. The van der Waals surface area contributed by atoms with Crippen LogP contribution in [0.1, 0.15) is 198 Å². The van der Waals surface area contributed by atoms with E-state index in [-0.39, 0.29) is 85.8 Å². The molecule has 3 aromatic carbocycles. The number of anilines is 2. The predicted molar refractivity (Wildman–Crippen MR) is 372 cm³/mol. The summed E-state index contributed by atoms with van der Waals surface area (Å²) in [6, 6.07) is 12.2. The standard InChI is InChI=1S/C74H108N10O13/c1-9-11-12-13-14-20-53(10-2)96-45-61(87)77-39-16-15-21-56(75)63(88)83-62(46(3)4)66(91)81-57(22-17-40-78-69(76)94)64(89)79-50-29-23-47(24-30-50)44-97-70(95)82-58(43-85)65(90)80-51-31-25-48-27-33-59-71(5,54(48)41-51)35-18-37-73(59,7)67(92)84-68(93)74(8)38-19-36-72(6)55-42-52(86)32-26-49(55)28-34-60(72)74/h10,23-26,29-32,41-42,46,53,56-60,62,85-86H,2,9,11-22,27-28,33-40,43-45,75H2,1,3-8H3,(H,77,87)(H,79,89)(H,80,90)(H,81,91)(H,82,95)(H,83,88)(H3,76,78,94)(H,84,92,93)/t53?,56-,57+,58+,59-,60-,62+,71-,72-,73+,74+/m1/s1. The molecule has 11 atom stereocenters. The van der Waals surface area contributed by atoms with E-state index in [1.165, 1.54) is 24.8 Å². The molecule has 97 heavy (non-hydrogen) atoms. The zero-order valence-electron chi connectivity index (χ0n) is 58.1. The van der Waals surface area contributed by atoms with Gasteiger partial charge in [0, 0.05) is 24.5 Å². The summed E-state index contributed by atoms with van der Waals surface area (Å²) in [6.45, 7) is 17.2. The Kier molecular flexibility index (Phi) is 27.6. The number of rotatable bonds is 34. The Morgan fingerprint density at radius 2 is 1.23 bits per heavy atom. The number of primary amides is 1. The molecule has 0 heterocycles. The van der Waals surface area contributed by atoms with Crippen molar-refractivity contribution in [2.75, 3.05) is 36.9 Å². The van der Waals surface area contributed by atoms with E-state index < -0.39 is 88.7 Å². The second-order valence-electron chi connectivity index (χ2n) is 28.7. The monoisotopic (exact) mass is 1340 g/mol. The van der Waals surface area contributed by atoms with E-state index in [0.717, 1.165) is 80.9 Å². The number of carbonyl (C=O) groups is 9. The van der Waals surface area contributed by atoms with Crippen molar-refractivity contribution in [3.05, 3.63) is 101 Å². The lowest BCUT2D eigenvalue weighted by Gasteiger charge is -2.56. The first kappa shape index (κ1) is 76.5. The van der Waals surface area contributed by atoms with Crippen molar-refractivity contribution in [2.45, 2.75) is 231 Å². The van der Waals surface area contributed by atoms with Crippen LogP contribution in [0.2, 0.25) is 0 Å². The molecule has 23 nitrogen and oxygen atoms in total. The minimum atomic E-state index is -1.40. The van der Waals surface area contributed by atoms with Crippen LogP contribution in [-0.4, -0.2) is 120 Å². The molecule has 4 aliphatic carbocycles. The van der Waals surface area contributed by atoms with E-state index in [9.17, 15) is 53.4 Å². The number of phenols is 1. The molecule has 0 saturated heterocycles. The first-order valence-corrected chi connectivity index (χ1v) is 35.2. The highest BCUT2D eigenvalue weighted by Crippen LogP contribution is 2.60. The summed E-state index contributed by atoms with van der Waals surface area (Å²) >= 11 is 0. The lowest BCUT2D eigenvalue weighted by atomic mass is 9.49. The van der Waals surface area contributed by atoms with Gasteiger partial charge in [0.05, 0.1) is 29.6 Å². The highest BCUT2D eigenvalue weighted by Gasteiger charge is 2.58. The number of benzene rings is 3. The first-order valence-electron chi connectivity index (χ1n) is 35.2. The van der Waals surface area contributed by atoms with Crippen LogP contribution in [0.4, 0.5) is 21.0 Å². The number of ether oxygens (including phenoxy) is 2. The topological polar surface area (TPSA) is 361 Å². The lowest BCUT2D eigenvalue weighted by molar-refractivity contribution is -0.150. The van der Waals surface area contributed by atoms with Gasteiger partial charge in [-0.2, -0.15) is 0 Å². The van der Waals surface area contributed by atoms with Crippen molar-refractivity contribution in [3.63, 3.8) is 0 Å². The van der Waals surface area contributed by atoms with Crippen LogP contribution in [0, 0.1) is 28.6 Å². The number of hydrogen-bond donors (Lipinski definition) is 12. The number of urea groups is 1. The fourth-order valence-electron chi connectivity index (χ4n) is 15.7. The Balaban J connectivity index is 0.873. The molecule has 2 fully saturated rings. The van der Waals surface area contributed by atoms with Gasteiger partial charge in [-0.25, -0.2) is 9.59 Å². The number of fused-ring (bicyclic) bond motifs is 6. The number of imide groups is 1. The van der Waals surface area contributed by atoms with Gasteiger partial charge in [0.15, 0.2) is 0 Å². The summed E-state index contributed by atoms with van der Waals surface area (Å²) in [5.41, 5.74) is 14.7. The third kappa shape index (κ3) is 19.7. The molecule has 1 unspecified atom stereocenters. The van der Waals surface area contributed by atoms with Gasteiger partial charge < -0.3 is 68.4 Å². The Morgan fingerprint density at radius 3 is 1.84 bits per heavy atom. The molecule has 0 radical (unpaired) electrons. The van der Waals surface area contributed by atoms with E-state index >= 15 is 0 Å². The van der Waals surface area contributed by atoms with Gasteiger partial charge in [-0.1, -0.05) is 124 Å². The van der Waals surface area contributed by atoms with Crippen molar-refractivity contribution < 1.29 is 62.8 Å². The highest BCUT2D eigenvalue weighted by molar-refractivity contribution is 6.01. The Bertz CT molecular complexity index is 3270. The van der Waals surface area contributed by atoms with E-state index in [2.05, 4.69) is 69.9 Å². The van der Waals surface area contributed by atoms with Crippen molar-refractivity contribution in [3.8, 4) is 5.75 Å². The average Bonchev–Trinajstić information content (AvgIpc) is 0.726. The van der Waals surface area contributed by atoms with Gasteiger partial charge in [0.1, 0.15) is 37.1 Å². The normalized spacial score (nSPS) is 23.1. The van der Waals surface area contributed by atoms with Gasteiger partial charge in [-0.15, -0.1) is 6.58 Å². The number of hydrogen-bond acceptors (Lipinski definition) is 14. The second-order valence-corrected chi connectivity index (χ2v) is 28.7. The fraction of sp³-hybridized carbons (Fsp3) is 0.608. The number of aromatic hydroxyl groups is 1. The average molecular weight is 1350 g/mol. The molecular formula is C74H108N10O13. The third-order valence-electron chi connectivity index (χ3n) is 21.3. The summed E-state index contributed by atoms with van der Waals surface area (Å²) in [7, 11) is 0. The SMILES string of the molecule is C=CC(CCCCCCC)OCC(=O)NCCCC[C@@H](N)C(=O)N[C@H](C(=O)N[C@@H](CCCNC(N)=O)C(=O)Nc1ccc(COC(=O)N[C@@H](CO)C(=O)Nc2ccc3c(c2)[C@@]2(C)CCC[C@](C)(C(=O)NC(=O)[C@@]4(C)CCC[C@]5(C)c6cc(O)ccc6CC[C@@H]45)[C@@H]2CC3)cc1)C(C)C. The molecular weight excluding hydrogens is 1240 g/mol. The van der Waals surface area contributed by atoms with Crippen LogP contribution in [0.3, 0.4) is 0 Å². The van der Waals surface area contributed by atoms with Gasteiger partial charge >= 0.3 is 12.1 Å². The van der Waals surface area contributed by atoms with E-state index in [0.29, 0.717) is 55.6 Å². The largest absolute Gasteiger partial charge is 0.508 e. The van der Waals surface area contributed by atoms with Crippen LogP contribution < -0.4 is 54.0 Å². The molecule has 2 saturated carbocycles. The van der Waals surface area contributed by atoms with Crippen LogP contribution in [0.15, 0.2) is 73.3 Å². The third-order valence-corrected chi connectivity index (χ3v) is 21.3. The fourth-order valence-corrected chi connectivity index (χ4v) is 15.7. The second kappa shape index (κ2) is 35.1. The van der Waals surface area contributed by atoms with E-state index in [1.54, 1.807) is 56.3 Å². The smallest absolute Gasteiger partial charge is 0.408 e. The molecule has 0 aromatic heterocycles. The molecule has 4 aliphatic rings. The molecule has 3 aromatic rings. The Morgan fingerprint density at radius 1 is 0.649 bits per heavy atom. The number of aliphatic hydroxyl groups is 1. The number of nitrogens with two attached hydrogens (primary N) is 2. The number of alkyl carbamates (subject to hydrolysis) is 1. The molecule has 532 valence electrons. The van der Waals surface area contributed by atoms with Crippen LogP contribution in [0.5, 0.6) is 5.75 Å². The Hall–Kier alpha value is -7.89. The zero-order valence-corrected chi connectivity index (χ0v) is 58.1. The van der Waals surface area contributed by atoms with Gasteiger partial charge in [-0.05, 0) is 183 Å². The molecule has 23 heteroatoms. The summed E-state index contributed by atoms with van der Waals surface area (Å²) in [5.74, 6) is -3.57. The first-order chi connectivity index (χ1) is 46.2. The van der Waals surface area contributed by atoms with Gasteiger partial charge in [0.25, 0.3) is 0 Å². The maximum absolute atomic E-state index is 14.8. The van der Waals surface area contributed by atoms with Crippen molar-refractivity contribution in [2.24, 2.45) is 40.1 Å². The van der Waals surface area contributed by atoms with Crippen LogP contribution >= 0.6 is 0 Å². The van der Waals surface area contributed by atoms with Crippen LogP contribution in [0.25, 0.3) is 0 Å². The number of unbranched alkanes of at least 4 members (excludes halogenated alkanes) is 5. The number of amides is 10. The summed E-state index contributed by atoms with van der Waals surface area (Å²) in [5, 5.41) is 42.7. The minimum absolute atomic E-state index is 0.0148. The number of phenolic OH excluding ortho intramolecular Hbond substituents is 1. The molecule has 10 amide bonds. The van der Waals surface area contributed by atoms with Crippen molar-refractivity contribution in [1.29, 1.82) is 0 Å². The van der Waals surface area contributed by atoms with Gasteiger partial charge in [0.2, 0.25) is 41.4 Å². The Labute approximate surface area is 572 Å². The van der Waals surface area contributed by atoms with Gasteiger partial charge in [-0.3, -0.25) is 38.9 Å². The van der Waals surface area contributed by atoms with E-state index in [1.807, 2.05) is 38.1 Å². The minimum Gasteiger partial charge on any atom is -0.508 e. The molecule has 14 N–H and O–H groups in total. The number of aryl methyl sites for hydroxylation is 2. The predicted octanol–water partition coefficient (Wildman–Crippen LogP) is 8.54. The molecule has 0 bridgehead atoms. The molecule has 0 aliphatic heterocycles.